The molecule has 0 amide bonds. The highest BCUT2D eigenvalue weighted by Gasteiger charge is 2.24. The summed E-state index contributed by atoms with van der Waals surface area (Å²) in [5.74, 6) is 1.21. The molecule has 0 aliphatic rings. The van der Waals surface area contributed by atoms with Gasteiger partial charge in [0.2, 0.25) is 22.4 Å². The van der Waals surface area contributed by atoms with Crippen molar-refractivity contribution in [1.82, 2.24) is 0 Å². The monoisotopic (exact) mass is 1020 g/mol. The molecule has 0 bridgehead atoms. The third kappa shape index (κ3) is 11.2. The minimum absolute atomic E-state index is 0.0258. The second-order valence-electron chi connectivity index (χ2n) is 17.3. The van der Waals surface area contributed by atoms with E-state index in [-0.39, 0.29) is 82.9 Å². The third-order valence-electron chi connectivity index (χ3n) is 12.2. The Kier molecular flexibility index (Phi) is 15.0. The highest BCUT2D eigenvalue weighted by molar-refractivity contribution is 5.89. The van der Waals surface area contributed by atoms with E-state index in [9.17, 15) is 19.8 Å². The van der Waals surface area contributed by atoms with E-state index in [1.165, 1.54) is 38.5 Å². The SMILES string of the molecule is COc1c(-c2ccc(OCc3ccccc3)c(OCc3ccccc3)c2)oc2cc(OCCOc3cc(O)c4c(=O)c(OC)c(-c5ccc(OCc6ccccc6)c(OCc6ccccc6)c5)oc4c3)cc(O)c2c1=O. The van der Waals surface area contributed by atoms with Gasteiger partial charge in [-0.1, -0.05) is 121 Å². The summed E-state index contributed by atoms with van der Waals surface area (Å²) in [6, 6.07) is 54.7. The standard InChI is InChI=1S/C62H50O14/c1-67-61-57(65)55-47(63)31-45(33-53(55)75-59(61)43-23-25-49(71-35-39-15-7-3-8-16-39)51(29-43)73-37-41-19-11-5-12-20-41)69-27-28-70-46-32-48(64)56-54(34-46)76-60(62(68-2)58(56)66)44-24-26-50(72-36-40-17-9-4-10-18-40)52(30-44)74-38-42-21-13-6-14-22-42/h3-26,29-34,63-64H,27-28,35-38H2,1-2H3. The first-order valence-corrected chi connectivity index (χ1v) is 24.2. The van der Waals surface area contributed by atoms with Crippen LogP contribution in [0.1, 0.15) is 22.3 Å². The molecule has 382 valence electrons. The van der Waals surface area contributed by atoms with E-state index in [4.69, 9.17) is 46.7 Å². The molecule has 14 nitrogen and oxygen atoms in total. The quantitative estimate of drug-likeness (QED) is 0.0650. The molecule has 0 aliphatic carbocycles. The molecule has 0 radical (unpaired) electrons. The number of methoxy groups -OCH3 is 2. The van der Waals surface area contributed by atoms with Gasteiger partial charge in [-0.3, -0.25) is 9.59 Å². The predicted molar refractivity (Wildman–Crippen MR) is 286 cm³/mol. The van der Waals surface area contributed by atoms with Gasteiger partial charge in [0.25, 0.3) is 0 Å². The van der Waals surface area contributed by atoms with Crippen molar-refractivity contribution in [3.8, 4) is 80.1 Å². The fourth-order valence-corrected chi connectivity index (χ4v) is 8.46. The number of ether oxygens (including phenoxy) is 8. The summed E-state index contributed by atoms with van der Waals surface area (Å²) in [6.07, 6.45) is 0. The zero-order chi connectivity index (χ0) is 52.4. The van der Waals surface area contributed by atoms with Gasteiger partial charge in [0, 0.05) is 35.4 Å². The predicted octanol–water partition coefficient (Wildman–Crippen LogP) is 12.4. The summed E-state index contributed by atoms with van der Waals surface area (Å²) in [4.78, 5) is 27.9. The van der Waals surface area contributed by atoms with Gasteiger partial charge in [0.05, 0.1) is 14.2 Å². The maximum atomic E-state index is 14.0. The average Bonchev–Trinajstić information content (AvgIpc) is 3.45. The molecule has 8 aromatic carbocycles. The normalized spacial score (nSPS) is 11.0. The Morgan fingerprint density at radius 3 is 1.04 bits per heavy atom. The molecule has 0 aliphatic heterocycles. The maximum Gasteiger partial charge on any atom is 0.239 e. The molecule has 2 N–H and O–H groups in total. The Balaban J connectivity index is 0.883. The second kappa shape index (κ2) is 22.9. The van der Waals surface area contributed by atoms with Crippen molar-refractivity contribution < 1.29 is 56.9 Å². The molecule has 0 spiro atoms. The topological polar surface area (TPSA) is 175 Å². The number of phenolic OH excluding ortho intramolecular Hbond substituents is 2. The summed E-state index contributed by atoms with van der Waals surface area (Å²) >= 11 is 0. The molecular weight excluding hydrogens is 969 g/mol. The van der Waals surface area contributed by atoms with Crippen molar-refractivity contribution >= 4 is 21.9 Å². The van der Waals surface area contributed by atoms with Crippen LogP contribution in [-0.2, 0) is 26.4 Å². The highest BCUT2D eigenvalue weighted by Crippen LogP contribution is 2.42. The molecule has 0 saturated carbocycles. The first kappa shape index (κ1) is 49.7. The van der Waals surface area contributed by atoms with Crippen molar-refractivity contribution in [2.24, 2.45) is 0 Å². The van der Waals surface area contributed by atoms with Crippen LogP contribution in [0.5, 0.6) is 57.5 Å². The van der Waals surface area contributed by atoms with E-state index in [0.717, 1.165) is 22.3 Å². The summed E-state index contributed by atoms with van der Waals surface area (Å²) < 4.78 is 60.9. The minimum atomic E-state index is -0.604. The van der Waals surface area contributed by atoms with Crippen molar-refractivity contribution in [2.75, 3.05) is 27.4 Å². The molecule has 0 saturated heterocycles. The van der Waals surface area contributed by atoms with Crippen LogP contribution in [0, 0.1) is 0 Å². The van der Waals surface area contributed by atoms with Gasteiger partial charge in [0.1, 0.15) is 84.6 Å². The molecule has 0 fully saturated rings. The van der Waals surface area contributed by atoms with Crippen LogP contribution in [0.25, 0.3) is 44.6 Å². The van der Waals surface area contributed by atoms with Gasteiger partial charge in [-0.05, 0) is 58.7 Å². The number of fused-ring (bicyclic) bond motifs is 2. The molecular formula is C62H50O14. The lowest BCUT2D eigenvalue weighted by atomic mass is 10.1. The first-order valence-electron chi connectivity index (χ1n) is 24.2. The summed E-state index contributed by atoms with van der Waals surface area (Å²) in [6.45, 7) is 0.940. The molecule has 2 aromatic heterocycles. The third-order valence-corrected chi connectivity index (χ3v) is 12.2. The van der Waals surface area contributed by atoms with Crippen molar-refractivity contribution in [3.05, 3.63) is 225 Å². The van der Waals surface area contributed by atoms with Crippen LogP contribution in [0.2, 0.25) is 0 Å². The summed E-state index contributed by atoms with van der Waals surface area (Å²) in [7, 11) is 2.70. The number of phenols is 2. The van der Waals surface area contributed by atoms with Crippen molar-refractivity contribution in [1.29, 1.82) is 0 Å². The Bertz CT molecular complexity index is 3500. The van der Waals surface area contributed by atoms with Gasteiger partial charge in [-0.25, -0.2) is 0 Å². The van der Waals surface area contributed by atoms with E-state index in [0.29, 0.717) is 47.3 Å². The summed E-state index contributed by atoms with van der Waals surface area (Å²) in [5, 5.41) is 22.1. The van der Waals surface area contributed by atoms with Crippen LogP contribution in [-0.4, -0.2) is 37.6 Å². The van der Waals surface area contributed by atoms with E-state index >= 15 is 0 Å². The second-order valence-corrected chi connectivity index (χ2v) is 17.3. The van der Waals surface area contributed by atoms with Gasteiger partial charge in [-0.2, -0.15) is 0 Å². The Labute approximate surface area is 436 Å². The van der Waals surface area contributed by atoms with Crippen LogP contribution >= 0.6 is 0 Å². The number of aromatic hydroxyl groups is 2. The number of benzene rings is 8. The van der Waals surface area contributed by atoms with Gasteiger partial charge in [-0.15, -0.1) is 0 Å². The molecule has 0 atom stereocenters. The highest BCUT2D eigenvalue weighted by atomic mass is 16.5. The molecule has 76 heavy (non-hydrogen) atoms. The zero-order valence-corrected chi connectivity index (χ0v) is 41.4. The Morgan fingerprint density at radius 1 is 0.382 bits per heavy atom. The van der Waals surface area contributed by atoms with E-state index in [1.54, 1.807) is 36.4 Å². The van der Waals surface area contributed by atoms with Crippen LogP contribution in [0.15, 0.2) is 200 Å². The van der Waals surface area contributed by atoms with E-state index in [2.05, 4.69) is 0 Å². The minimum Gasteiger partial charge on any atom is -0.507 e. The van der Waals surface area contributed by atoms with E-state index in [1.807, 2.05) is 121 Å². The van der Waals surface area contributed by atoms with Gasteiger partial charge >= 0.3 is 0 Å². The summed E-state index contributed by atoms with van der Waals surface area (Å²) in [5.41, 5.74) is 3.55. The number of rotatable bonds is 21. The van der Waals surface area contributed by atoms with Gasteiger partial charge < -0.3 is 56.9 Å². The molecule has 10 aromatic rings. The van der Waals surface area contributed by atoms with E-state index < -0.39 is 22.4 Å². The molecule has 14 heteroatoms. The lowest BCUT2D eigenvalue weighted by Gasteiger charge is -2.16. The van der Waals surface area contributed by atoms with Crippen LogP contribution in [0.3, 0.4) is 0 Å². The average molecular weight is 1020 g/mol. The van der Waals surface area contributed by atoms with Gasteiger partial charge in [0.15, 0.2) is 34.5 Å². The molecule has 0 unspecified atom stereocenters. The fourth-order valence-electron chi connectivity index (χ4n) is 8.46. The van der Waals surface area contributed by atoms with Crippen molar-refractivity contribution in [2.45, 2.75) is 26.4 Å². The number of hydrogen-bond donors (Lipinski definition) is 2. The largest absolute Gasteiger partial charge is 0.507 e. The molecule has 2 heterocycles. The maximum absolute atomic E-state index is 14.0. The van der Waals surface area contributed by atoms with Crippen molar-refractivity contribution in [3.63, 3.8) is 0 Å². The van der Waals surface area contributed by atoms with Crippen LogP contribution < -0.4 is 48.8 Å². The lowest BCUT2D eigenvalue weighted by Crippen LogP contribution is -2.11. The fraction of sp³-hybridized carbons (Fsp3) is 0.129. The molecule has 10 rings (SSSR count). The first-order chi connectivity index (χ1) is 37.2. The smallest absolute Gasteiger partial charge is 0.239 e. The Hall–Kier alpha value is -9.82. The Morgan fingerprint density at radius 2 is 0.711 bits per heavy atom. The number of hydrogen-bond acceptors (Lipinski definition) is 14. The van der Waals surface area contributed by atoms with Crippen LogP contribution in [0.4, 0.5) is 0 Å². The zero-order valence-electron chi connectivity index (χ0n) is 41.4. The lowest BCUT2D eigenvalue weighted by molar-refractivity contribution is 0.216.